The largest absolute Gasteiger partial charge is 0.343 e. The van der Waals surface area contributed by atoms with Gasteiger partial charge in [-0.3, -0.25) is 9.59 Å². The first-order chi connectivity index (χ1) is 9.04. The number of aryl methyl sites for hydroxylation is 1. The van der Waals surface area contributed by atoms with E-state index in [4.69, 9.17) is 0 Å². The Morgan fingerprint density at radius 2 is 2.05 bits per heavy atom. The summed E-state index contributed by atoms with van der Waals surface area (Å²) < 4.78 is 0. The highest BCUT2D eigenvalue weighted by Gasteiger charge is 2.34. The van der Waals surface area contributed by atoms with E-state index in [9.17, 15) is 9.59 Å². The lowest BCUT2D eigenvalue weighted by molar-refractivity contribution is -0.146. The number of carbonyl (C=O) groups is 2. The van der Waals surface area contributed by atoms with Crippen LogP contribution in [-0.4, -0.2) is 29.3 Å². The van der Waals surface area contributed by atoms with E-state index in [2.05, 4.69) is 5.32 Å². The third-order valence-electron chi connectivity index (χ3n) is 3.74. The van der Waals surface area contributed by atoms with Crippen molar-refractivity contribution in [3.8, 4) is 0 Å². The van der Waals surface area contributed by atoms with Gasteiger partial charge in [0.2, 0.25) is 11.8 Å². The fourth-order valence-corrected chi connectivity index (χ4v) is 2.56. The number of rotatable bonds is 3. The SMILES string of the molecule is CCC1NC(=O)CN(C(C)c2ccccc2C)C1=O. The number of piperazine rings is 1. The number of nitrogens with one attached hydrogen (secondary N) is 1. The van der Waals surface area contributed by atoms with Gasteiger partial charge in [0, 0.05) is 0 Å². The molecule has 0 spiro atoms. The smallest absolute Gasteiger partial charge is 0.246 e. The predicted octanol–water partition coefficient (Wildman–Crippen LogP) is 1.79. The molecule has 1 aromatic rings. The van der Waals surface area contributed by atoms with Crippen molar-refractivity contribution in [1.82, 2.24) is 10.2 Å². The normalized spacial score (nSPS) is 21.2. The summed E-state index contributed by atoms with van der Waals surface area (Å²) in [6.07, 6.45) is 0.627. The first-order valence-corrected chi connectivity index (χ1v) is 6.70. The zero-order valence-electron chi connectivity index (χ0n) is 11.6. The van der Waals surface area contributed by atoms with Crippen molar-refractivity contribution in [2.75, 3.05) is 6.54 Å². The highest BCUT2D eigenvalue weighted by atomic mass is 16.2. The highest BCUT2D eigenvalue weighted by molar-refractivity contribution is 5.95. The summed E-state index contributed by atoms with van der Waals surface area (Å²) in [5.41, 5.74) is 2.24. The van der Waals surface area contributed by atoms with E-state index in [-0.39, 0.29) is 30.4 Å². The molecule has 4 nitrogen and oxygen atoms in total. The molecule has 2 rings (SSSR count). The van der Waals surface area contributed by atoms with E-state index in [0.29, 0.717) is 6.42 Å². The fourth-order valence-electron chi connectivity index (χ4n) is 2.56. The molecule has 0 aliphatic carbocycles. The number of amides is 2. The second-order valence-electron chi connectivity index (χ2n) is 5.03. The molecule has 2 unspecified atom stereocenters. The number of carbonyl (C=O) groups excluding carboxylic acids is 2. The minimum atomic E-state index is -0.382. The third kappa shape index (κ3) is 2.62. The molecule has 1 N–H and O–H groups in total. The van der Waals surface area contributed by atoms with Crippen LogP contribution in [0.3, 0.4) is 0 Å². The summed E-state index contributed by atoms with van der Waals surface area (Å²) in [6.45, 7) is 6.05. The van der Waals surface area contributed by atoms with Gasteiger partial charge in [0.15, 0.2) is 0 Å². The van der Waals surface area contributed by atoms with Gasteiger partial charge in [-0.25, -0.2) is 0 Å². The number of nitrogens with zero attached hydrogens (tertiary/aromatic N) is 1. The molecule has 4 heteroatoms. The first kappa shape index (κ1) is 13.6. The lowest BCUT2D eigenvalue weighted by Crippen LogP contribution is -2.58. The van der Waals surface area contributed by atoms with Crippen molar-refractivity contribution in [2.45, 2.75) is 39.3 Å². The van der Waals surface area contributed by atoms with Crippen LogP contribution in [0.4, 0.5) is 0 Å². The topological polar surface area (TPSA) is 49.4 Å². The van der Waals surface area contributed by atoms with E-state index in [0.717, 1.165) is 11.1 Å². The monoisotopic (exact) mass is 260 g/mol. The van der Waals surface area contributed by atoms with Gasteiger partial charge in [0.25, 0.3) is 0 Å². The van der Waals surface area contributed by atoms with Crippen LogP contribution in [0.25, 0.3) is 0 Å². The molecule has 102 valence electrons. The molecule has 0 radical (unpaired) electrons. The van der Waals surface area contributed by atoms with Crippen molar-refractivity contribution >= 4 is 11.8 Å². The number of hydrogen-bond donors (Lipinski definition) is 1. The standard InChI is InChI=1S/C15H20N2O2/c1-4-13-15(19)17(9-14(18)16-13)11(3)12-8-6-5-7-10(12)2/h5-8,11,13H,4,9H2,1-3H3,(H,16,18). The van der Waals surface area contributed by atoms with Gasteiger partial charge in [-0.15, -0.1) is 0 Å². The Morgan fingerprint density at radius 3 is 2.68 bits per heavy atom. The van der Waals surface area contributed by atoms with Gasteiger partial charge in [-0.1, -0.05) is 31.2 Å². The van der Waals surface area contributed by atoms with Crippen molar-refractivity contribution in [2.24, 2.45) is 0 Å². The molecule has 1 fully saturated rings. The maximum absolute atomic E-state index is 12.3. The lowest BCUT2D eigenvalue weighted by atomic mass is 9.99. The molecule has 1 aromatic carbocycles. The van der Waals surface area contributed by atoms with Gasteiger partial charge in [0.05, 0.1) is 6.04 Å². The van der Waals surface area contributed by atoms with E-state index in [1.807, 2.05) is 45.0 Å². The zero-order chi connectivity index (χ0) is 14.0. The molecule has 1 aliphatic heterocycles. The molecule has 2 atom stereocenters. The Kier molecular flexibility index (Phi) is 3.88. The van der Waals surface area contributed by atoms with Crippen molar-refractivity contribution < 1.29 is 9.59 Å². The van der Waals surface area contributed by atoms with Crippen LogP contribution in [0.2, 0.25) is 0 Å². The van der Waals surface area contributed by atoms with Crippen molar-refractivity contribution in [3.63, 3.8) is 0 Å². The van der Waals surface area contributed by atoms with E-state index in [1.165, 1.54) is 0 Å². The Morgan fingerprint density at radius 1 is 1.37 bits per heavy atom. The molecule has 0 aromatic heterocycles. The average Bonchev–Trinajstić information content (AvgIpc) is 2.40. The quantitative estimate of drug-likeness (QED) is 0.900. The molecule has 2 amide bonds. The van der Waals surface area contributed by atoms with Crippen LogP contribution < -0.4 is 5.32 Å². The van der Waals surface area contributed by atoms with Gasteiger partial charge in [-0.2, -0.15) is 0 Å². The fraction of sp³-hybridized carbons (Fsp3) is 0.467. The van der Waals surface area contributed by atoms with Gasteiger partial charge in [0.1, 0.15) is 12.6 Å². The summed E-state index contributed by atoms with van der Waals surface area (Å²) in [5, 5.41) is 2.74. The molecule has 1 heterocycles. The van der Waals surface area contributed by atoms with E-state index < -0.39 is 0 Å². The Balaban J connectivity index is 2.27. The minimum Gasteiger partial charge on any atom is -0.343 e. The molecule has 1 aliphatic rings. The van der Waals surface area contributed by atoms with Crippen LogP contribution in [0.5, 0.6) is 0 Å². The van der Waals surface area contributed by atoms with E-state index in [1.54, 1.807) is 4.90 Å². The summed E-state index contributed by atoms with van der Waals surface area (Å²) in [7, 11) is 0. The van der Waals surface area contributed by atoms with Gasteiger partial charge >= 0.3 is 0 Å². The molecule has 0 bridgehead atoms. The Hall–Kier alpha value is -1.84. The summed E-state index contributed by atoms with van der Waals surface area (Å²) >= 11 is 0. The predicted molar refractivity (Wildman–Crippen MR) is 73.5 cm³/mol. The second kappa shape index (κ2) is 5.43. The van der Waals surface area contributed by atoms with Crippen LogP contribution >= 0.6 is 0 Å². The van der Waals surface area contributed by atoms with Crippen molar-refractivity contribution in [3.05, 3.63) is 35.4 Å². The van der Waals surface area contributed by atoms with Crippen LogP contribution in [0, 0.1) is 6.92 Å². The molecular weight excluding hydrogens is 240 g/mol. The zero-order valence-corrected chi connectivity index (χ0v) is 11.6. The minimum absolute atomic E-state index is 0.0119. The maximum Gasteiger partial charge on any atom is 0.246 e. The Bertz CT molecular complexity index is 499. The lowest BCUT2D eigenvalue weighted by Gasteiger charge is -2.36. The second-order valence-corrected chi connectivity index (χ2v) is 5.03. The van der Waals surface area contributed by atoms with Gasteiger partial charge in [-0.05, 0) is 31.4 Å². The van der Waals surface area contributed by atoms with Crippen LogP contribution in [0.15, 0.2) is 24.3 Å². The average molecular weight is 260 g/mol. The van der Waals surface area contributed by atoms with Gasteiger partial charge < -0.3 is 10.2 Å². The molecule has 1 saturated heterocycles. The molecule has 19 heavy (non-hydrogen) atoms. The molecule has 0 saturated carbocycles. The molecular formula is C15H20N2O2. The summed E-state index contributed by atoms with van der Waals surface area (Å²) in [4.78, 5) is 25.7. The van der Waals surface area contributed by atoms with Crippen LogP contribution in [-0.2, 0) is 9.59 Å². The first-order valence-electron chi connectivity index (χ1n) is 6.70. The van der Waals surface area contributed by atoms with Crippen LogP contribution in [0.1, 0.15) is 37.4 Å². The summed E-state index contributed by atoms with van der Waals surface area (Å²) in [5.74, 6) is -0.0651. The highest BCUT2D eigenvalue weighted by Crippen LogP contribution is 2.25. The number of hydrogen-bond acceptors (Lipinski definition) is 2. The Labute approximate surface area is 113 Å². The summed E-state index contributed by atoms with van der Waals surface area (Å²) in [6, 6.07) is 7.52. The van der Waals surface area contributed by atoms with Crippen molar-refractivity contribution in [1.29, 1.82) is 0 Å². The van der Waals surface area contributed by atoms with E-state index >= 15 is 0 Å². The maximum atomic E-state index is 12.3. The number of benzene rings is 1. The third-order valence-corrected chi connectivity index (χ3v) is 3.74.